The summed E-state index contributed by atoms with van der Waals surface area (Å²) in [6.45, 7) is 0. The minimum atomic E-state index is -4.65. The predicted molar refractivity (Wildman–Crippen MR) is 54.5 cm³/mol. The number of alkyl halides is 6. The second kappa shape index (κ2) is 4.95. The Morgan fingerprint density at radius 2 is 1.88 bits per heavy atom. The molecule has 0 spiro atoms. The maximum Gasteiger partial charge on any atom is 0.433 e. The molecule has 1 aromatic heterocycles. The molecule has 0 fully saturated rings. The van der Waals surface area contributed by atoms with Crippen LogP contribution in [-0.2, 0) is 11.5 Å². The average molecular weight is 369 g/mol. The molecule has 0 aliphatic rings. The van der Waals surface area contributed by atoms with E-state index in [1.165, 1.54) is 0 Å². The van der Waals surface area contributed by atoms with Crippen molar-refractivity contribution in [2.75, 3.05) is 0 Å². The predicted octanol–water partition coefficient (Wildman–Crippen LogP) is 4.70. The fourth-order valence-corrected chi connectivity index (χ4v) is 2.14. The standard InChI is InChI=1S/C8H4Br2F5N/c9-2-3-1-4(8(13,14)15)16-6(10)5(3)7(11)12/h1,7H,2H2. The number of hydrogen-bond acceptors (Lipinski definition) is 1. The first-order valence-electron chi connectivity index (χ1n) is 3.88. The smallest absolute Gasteiger partial charge is 0.236 e. The van der Waals surface area contributed by atoms with E-state index in [9.17, 15) is 22.0 Å². The second-order valence-electron chi connectivity index (χ2n) is 2.80. The highest BCUT2D eigenvalue weighted by Crippen LogP contribution is 2.35. The molecule has 0 aromatic carbocycles. The Bertz CT molecular complexity index is 391. The van der Waals surface area contributed by atoms with E-state index in [4.69, 9.17) is 0 Å². The lowest BCUT2D eigenvalue weighted by Gasteiger charge is -2.12. The van der Waals surface area contributed by atoms with Crippen molar-refractivity contribution in [1.82, 2.24) is 4.98 Å². The molecule has 0 amide bonds. The zero-order valence-electron chi connectivity index (χ0n) is 7.45. The average Bonchev–Trinajstić information content (AvgIpc) is 2.14. The molecular formula is C8H4Br2F5N. The molecule has 1 heterocycles. The normalized spacial score (nSPS) is 12.2. The molecule has 16 heavy (non-hydrogen) atoms. The van der Waals surface area contributed by atoms with Crippen LogP contribution in [0, 0.1) is 0 Å². The topological polar surface area (TPSA) is 12.9 Å². The lowest BCUT2D eigenvalue weighted by atomic mass is 10.1. The molecule has 0 unspecified atom stereocenters. The van der Waals surface area contributed by atoms with Crippen molar-refractivity contribution >= 4 is 31.9 Å². The van der Waals surface area contributed by atoms with Crippen LogP contribution in [0.2, 0.25) is 0 Å². The van der Waals surface area contributed by atoms with E-state index in [0.29, 0.717) is 6.07 Å². The van der Waals surface area contributed by atoms with Gasteiger partial charge in [-0.25, -0.2) is 13.8 Å². The third-order valence-electron chi connectivity index (χ3n) is 1.75. The van der Waals surface area contributed by atoms with Gasteiger partial charge in [0.25, 0.3) is 6.43 Å². The molecule has 0 bridgehead atoms. The zero-order valence-corrected chi connectivity index (χ0v) is 10.6. The molecule has 0 atom stereocenters. The van der Waals surface area contributed by atoms with Crippen LogP contribution in [-0.4, -0.2) is 4.98 Å². The third-order valence-corrected chi connectivity index (χ3v) is 2.96. The molecule has 0 saturated carbocycles. The fourth-order valence-electron chi connectivity index (χ4n) is 1.06. The van der Waals surface area contributed by atoms with Crippen LogP contribution in [0.4, 0.5) is 22.0 Å². The quantitative estimate of drug-likeness (QED) is 0.419. The lowest BCUT2D eigenvalue weighted by Crippen LogP contribution is -2.11. The van der Waals surface area contributed by atoms with Gasteiger partial charge in [0.05, 0.1) is 5.56 Å². The van der Waals surface area contributed by atoms with Gasteiger partial charge in [0, 0.05) is 5.33 Å². The zero-order chi connectivity index (χ0) is 12.5. The highest BCUT2D eigenvalue weighted by atomic mass is 79.9. The molecule has 0 N–H and O–H groups in total. The molecule has 90 valence electrons. The summed E-state index contributed by atoms with van der Waals surface area (Å²) >= 11 is 5.48. The number of hydrogen-bond donors (Lipinski definition) is 0. The number of halogens is 7. The summed E-state index contributed by atoms with van der Waals surface area (Å²) in [5.41, 5.74) is -1.85. The summed E-state index contributed by atoms with van der Waals surface area (Å²) in [6.07, 6.45) is -7.53. The Hall–Kier alpha value is -0.240. The number of rotatable bonds is 2. The van der Waals surface area contributed by atoms with E-state index in [0.717, 1.165) is 0 Å². The molecule has 0 aliphatic carbocycles. The monoisotopic (exact) mass is 367 g/mol. The van der Waals surface area contributed by atoms with Crippen LogP contribution in [0.5, 0.6) is 0 Å². The van der Waals surface area contributed by atoms with Crippen molar-refractivity contribution in [3.05, 3.63) is 27.5 Å². The summed E-state index contributed by atoms with van der Waals surface area (Å²) < 4.78 is 61.6. The summed E-state index contributed by atoms with van der Waals surface area (Å²) in [6, 6.07) is 0.612. The molecule has 8 heteroatoms. The Kier molecular flexibility index (Phi) is 4.28. The minimum absolute atomic E-state index is 0.100. The van der Waals surface area contributed by atoms with Crippen molar-refractivity contribution in [2.45, 2.75) is 17.9 Å². The van der Waals surface area contributed by atoms with Crippen LogP contribution in [0.15, 0.2) is 10.7 Å². The largest absolute Gasteiger partial charge is 0.433 e. The summed E-state index contributed by atoms with van der Waals surface area (Å²) in [5, 5.41) is -0.100. The van der Waals surface area contributed by atoms with Gasteiger partial charge in [-0.05, 0) is 27.6 Å². The van der Waals surface area contributed by atoms with Gasteiger partial charge in [-0.2, -0.15) is 13.2 Å². The Balaban J connectivity index is 3.38. The number of nitrogens with zero attached hydrogens (tertiary/aromatic N) is 1. The van der Waals surface area contributed by atoms with Gasteiger partial charge in [0.15, 0.2) is 0 Å². The van der Waals surface area contributed by atoms with E-state index in [-0.39, 0.29) is 10.9 Å². The van der Waals surface area contributed by atoms with Gasteiger partial charge in [0.2, 0.25) is 0 Å². The maximum atomic E-state index is 12.5. The van der Waals surface area contributed by atoms with Gasteiger partial charge in [0.1, 0.15) is 10.3 Å². The lowest BCUT2D eigenvalue weighted by molar-refractivity contribution is -0.141. The summed E-state index contributed by atoms with van der Waals surface area (Å²) in [7, 11) is 0. The Morgan fingerprint density at radius 3 is 2.25 bits per heavy atom. The molecule has 0 aliphatic heterocycles. The highest BCUT2D eigenvalue weighted by Gasteiger charge is 2.34. The van der Waals surface area contributed by atoms with Crippen LogP contribution >= 0.6 is 31.9 Å². The maximum absolute atomic E-state index is 12.5. The number of pyridine rings is 1. The van der Waals surface area contributed by atoms with Crippen LogP contribution in [0.1, 0.15) is 23.2 Å². The second-order valence-corrected chi connectivity index (χ2v) is 4.12. The van der Waals surface area contributed by atoms with E-state index in [1.807, 2.05) is 0 Å². The van der Waals surface area contributed by atoms with Gasteiger partial charge in [-0.1, -0.05) is 15.9 Å². The number of aromatic nitrogens is 1. The van der Waals surface area contributed by atoms with Crippen molar-refractivity contribution < 1.29 is 22.0 Å². The van der Waals surface area contributed by atoms with Gasteiger partial charge in [-0.3, -0.25) is 0 Å². The fraction of sp³-hybridized carbons (Fsp3) is 0.375. The van der Waals surface area contributed by atoms with Gasteiger partial charge < -0.3 is 0 Å². The first-order chi connectivity index (χ1) is 7.27. The van der Waals surface area contributed by atoms with E-state index < -0.39 is 28.5 Å². The minimum Gasteiger partial charge on any atom is -0.236 e. The van der Waals surface area contributed by atoms with E-state index >= 15 is 0 Å². The van der Waals surface area contributed by atoms with Crippen LogP contribution < -0.4 is 0 Å². The Morgan fingerprint density at radius 1 is 1.31 bits per heavy atom. The Labute approximate surface area is 104 Å². The first kappa shape index (κ1) is 13.8. The summed E-state index contributed by atoms with van der Waals surface area (Å²) in [5.74, 6) is 0. The molecule has 0 radical (unpaired) electrons. The first-order valence-corrected chi connectivity index (χ1v) is 5.79. The molecule has 1 aromatic rings. The van der Waals surface area contributed by atoms with Crippen LogP contribution in [0.3, 0.4) is 0 Å². The van der Waals surface area contributed by atoms with Crippen molar-refractivity contribution in [3.63, 3.8) is 0 Å². The SMILES string of the molecule is FC(F)c1c(CBr)cc(C(F)(F)F)nc1Br. The van der Waals surface area contributed by atoms with E-state index in [1.54, 1.807) is 0 Å². The van der Waals surface area contributed by atoms with Crippen LogP contribution in [0.25, 0.3) is 0 Å². The van der Waals surface area contributed by atoms with Crippen molar-refractivity contribution in [1.29, 1.82) is 0 Å². The molecular weight excluding hydrogens is 365 g/mol. The summed E-state index contributed by atoms with van der Waals surface area (Å²) in [4.78, 5) is 3.07. The highest BCUT2D eigenvalue weighted by molar-refractivity contribution is 9.10. The van der Waals surface area contributed by atoms with Gasteiger partial charge in [-0.15, -0.1) is 0 Å². The van der Waals surface area contributed by atoms with E-state index in [2.05, 4.69) is 36.8 Å². The molecule has 1 nitrogen and oxygen atoms in total. The molecule has 1 rings (SSSR count). The molecule has 0 saturated heterocycles. The van der Waals surface area contributed by atoms with Gasteiger partial charge >= 0.3 is 6.18 Å². The third kappa shape index (κ3) is 2.91. The van der Waals surface area contributed by atoms with Crippen molar-refractivity contribution in [3.8, 4) is 0 Å². The van der Waals surface area contributed by atoms with Crippen molar-refractivity contribution in [2.24, 2.45) is 0 Å².